The lowest BCUT2D eigenvalue weighted by Crippen LogP contribution is -2.71. The minimum absolute atomic E-state index is 0.0631. The summed E-state index contributed by atoms with van der Waals surface area (Å²) >= 11 is 1.48. The van der Waals surface area contributed by atoms with E-state index >= 15 is 0 Å². The van der Waals surface area contributed by atoms with Crippen LogP contribution in [0.15, 0.2) is 34.9 Å². The largest absolute Gasteiger partial charge is 0.458 e. The molecule has 0 spiro atoms. The van der Waals surface area contributed by atoms with Gasteiger partial charge in [-0.15, -0.1) is 0 Å². The lowest BCUT2D eigenvalue weighted by molar-refractivity contribution is -0.159. The van der Waals surface area contributed by atoms with Crippen molar-refractivity contribution in [3.63, 3.8) is 0 Å². The van der Waals surface area contributed by atoms with Crippen molar-refractivity contribution >= 4 is 45.6 Å². The van der Waals surface area contributed by atoms with E-state index in [1.807, 2.05) is 0 Å². The van der Waals surface area contributed by atoms with Crippen LogP contribution in [-0.2, 0) is 28.7 Å². The number of rotatable bonds is 2. The van der Waals surface area contributed by atoms with Gasteiger partial charge in [-0.1, -0.05) is 17.8 Å². The number of hydrogen-bond donors (Lipinski definition) is 0. The summed E-state index contributed by atoms with van der Waals surface area (Å²) in [6.45, 7) is 5.90. The Hall–Kier alpha value is -2.71. The Labute approximate surface area is 199 Å². The molecular formula is C22H23N3O6S2. The summed E-state index contributed by atoms with van der Waals surface area (Å²) in [5.74, 6) is 0.122. The number of allylic oxidation sites excluding steroid dienone is 4. The Bertz CT molecular complexity index is 1140. The predicted molar refractivity (Wildman–Crippen MR) is 120 cm³/mol. The van der Waals surface area contributed by atoms with Crippen molar-refractivity contribution in [1.82, 2.24) is 9.80 Å². The third-order valence-electron chi connectivity index (χ3n) is 6.29. The van der Waals surface area contributed by atoms with Crippen molar-refractivity contribution in [3.8, 4) is 6.07 Å². The van der Waals surface area contributed by atoms with E-state index in [9.17, 15) is 24.4 Å². The van der Waals surface area contributed by atoms with Crippen LogP contribution in [0.1, 0.15) is 40.5 Å². The van der Waals surface area contributed by atoms with Crippen LogP contribution in [0.4, 0.5) is 0 Å². The number of fused-ring (bicyclic) bond motifs is 1. The van der Waals surface area contributed by atoms with Crippen LogP contribution in [0.2, 0.25) is 0 Å². The van der Waals surface area contributed by atoms with Crippen LogP contribution in [0, 0.1) is 16.7 Å². The summed E-state index contributed by atoms with van der Waals surface area (Å²) in [5.41, 5.74) is -0.285. The van der Waals surface area contributed by atoms with E-state index in [4.69, 9.17) is 9.47 Å². The molecule has 0 aromatic rings. The van der Waals surface area contributed by atoms with Crippen LogP contribution in [0.3, 0.4) is 0 Å². The second-order valence-electron chi connectivity index (χ2n) is 8.66. The molecule has 0 saturated carbocycles. The molecule has 4 aliphatic rings. The highest BCUT2D eigenvalue weighted by atomic mass is 32.2. The first kappa shape index (κ1) is 23.4. The quantitative estimate of drug-likeness (QED) is 0.577. The van der Waals surface area contributed by atoms with Gasteiger partial charge in [0.25, 0.3) is 11.8 Å². The van der Waals surface area contributed by atoms with Crippen LogP contribution in [0.5, 0.6) is 0 Å². The normalized spacial score (nSPS) is 35.2. The Kier molecular flexibility index (Phi) is 5.45. The maximum absolute atomic E-state index is 14.1. The van der Waals surface area contributed by atoms with Gasteiger partial charge in [-0.05, 0) is 37.3 Å². The van der Waals surface area contributed by atoms with Crippen molar-refractivity contribution in [1.29, 1.82) is 5.26 Å². The Morgan fingerprint density at radius 3 is 2.36 bits per heavy atom. The molecule has 0 N–H and O–H groups in total. The fraction of sp³-hybridized carbons (Fsp3) is 0.500. The molecule has 2 amide bonds. The summed E-state index contributed by atoms with van der Waals surface area (Å²) in [6.07, 6.45) is 3.66. The molecular weight excluding hydrogens is 466 g/mol. The van der Waals surface area contributed by atoms with Gasteiger partial charge in [0.15, 0.2) is 25.7 Å². The standard InChI is InChI=1S/C22H23N3O6S2/c1-12(26)32-21(4)18(28)25-17(14-6-7-15-16(8-14)31-11-30-15)20(3,10-23)9-22(25,33-13(2)27)19(29)24(21)5/h6-7H,8-9,11H2,1-5H3/b17-14+/t20-,21+,22?/m1/s1. The molecule has 0 bridgehead atoms. The first-order valence-electron chi connectivity index (χ1n) is 10.2. The number of piperazine rings is 1. The van der Waals surface area contributed by atoms with E-state index in [2.05, 4.69) is 6.07 Å². The SMILES string of the molecule is CC(=O)SC12C[C@](C)(C#N)/C(=C3/C=CC4=C(C3)OCO4)N1C(=O)[C@](C)(SC(C)=O)N(C)C2=O. The van der Waals surface area contributed by atoms with Gasteiger partial charge in [-0.2, -0.15) is 5.26 Å². The molecule has 11 heteroatoms. The molecule has 2 fully saturated rings. The van der Waals surface area contributed by atoms with Crippen LogP contribution in [0.25, 0.3) is 0 Å². The van der Waals surface area contributed by atoms with Crippen molar-refractivity contribution in [2.45, 2.75) is 50.3 Å². The van der Waals surface area contributed by atoms with Gasteiger partial charge >= 0.3 is 0 Å². The number of hydrogen-bond acceptors (Lipinski definition) is 9. The minimum Gasteiger partial charge on any atom is -0.458 e. The Morgan fingerprint density at radius 2 is 1.76 bits per heavy atom. The molecule has 3 atom stereocenters. The first-order valence-corrected chi connectivity index (χ1v) is 11.9. The number of amides is 2. The van der Waals surface area contributed by atoms with E-state index in [-0.39, 0.29) is 29.9 Å². The van der Waals surface area contributed by atoms with Crippen molar-refractivity contribution in [2.24, 2.45) is 5.41 Å². The maximum Gasteiger partial charge on any atom is 0.265 e. The van der Waals surface area contributed by atoms with E-state index in [1.165, 1.54) is 37.6 Å². The summed E-state index contributed by atoms with van der Waals surface area (Å²) in [7, 11) is 1.45. The molecule has 1 aliphatic carbocycles. The topological polar surface area (TPSA) is 117 Å². The highest BCUT2D eigenvalue weighted by Crippen LogP contribution is 2.60. The first-order chi connectivity index (χ1) is 15.4. The second kappa shape index (κ2) is 7.67. The predicted octanol–water partition coefficient (Wildman–Crippen LogP) is 2.62. The fourth-order valence-corrected chi connectivity index (χ4v) is 7.11. The van der Waals surface area contributed by atoms with Crippen molar-refractivity contribution in [3.05, 3.63) is 34.9 Å². The minimum atomic E-state index is -1.63. The average molecular weight is 490 g/mol. The van der Waals surface area contributed by atoms with E-state index < -0.39 is 27.0 Å². The summed E-state index contributed by atoms with van der Waals surface area (Å²) in [6, 6.07) is 2.28. The van der Waals surface area contributed by atoms with Gasteiger partial charge < -0.3 is 14.4 Å². The van der Waals surface area contributed by atoms with Gasteiger partial charge in [0.05, 0.1) is 11.5 Å². The van der Waals surface area contributed by atoms with Crippen LogP contribution < -0.4 is 0 Å². The highest BCUT2D eigenvalue weighted by molar-refractivity contribution is 8.16. The molecule has 0 aromatic heterocycles. The van der Waals surface area contributed by atoms with Crippen LogP contribution in [-0.4, -0.2) is 55.4 Å². The van der Waals surface area contributed by atoms with Gasteiger partial charge in [0.2, 0.25) is 6.79 Å². The molecule has 3 heterocycles. The monoisotopic (exact) mass is 489 g/mol. The van der Waals surface area contributed by atoms with E-state index in [0.717, 1.165) is 23.5 Å². The van der Waals surface area contributed by atoms with Gasteiger partial charge in [-0.3, -0.25) is 24.1 Å². The molecule has 3 aliphatic heterocycles. The molecule has 2 saturated heterocycles. The summed E-state index contributed by atoms with van der Waals surface area (Å²) < 4.78 is 10.9. The third-order valence-corrected chi connectivity index (χ3v) is 8.55. The maximum atomic E-state index is 14.1. The second-order valence-corrected chi connectivity index (χ2v) is 11.7. The van der Waals surface area contributed by atoms with Crippen LogP contribution >= 0.6 is 23.5 Å². The molecule has 4 rings (SSSR count). The van der Waals surface area contributed by atoms with Gasteiger partial charge in [0.1, 0.15) is 5.76 Å². The number of nitrogens with zero attached hydrogens (tertiary/aromatic N) is 3. The molecule has 33 heavy (non-hydrogen) atoms. The van der Waals surface area contributed by atoms with Gasteiger partial charge in [-0.25, -0.2) is 0 Å². The number of nitriles is 1. The number of likely N-dealkylation sites (N-methyl/N-ethyl adjacent to an activating group) is 1. The number of thioether (sulfide) groups is 2. The summed E-state index contributed by atoms with van der Waals surface area (Å²) in [5, 5.41) is 9.53. The Balaban J connectivity index is 1.97. The smallest absolute Gasteiger partial charge is 0.265 e. The zero-order valence-corrected chi connectivity index (χ0v) is 20.5. The zero-order valence-electron chi connectivity index (χ0n) is 18.9. The molecule has 1 unspecified atom stereocenters. The number of ether oxygens (including phenoxy) is 2. The van der Waals surface area contributed by atoms with E-state index in [0.29, 0.717) is 22.8 Å². The van der Waals surface area contributed by atoms with Crippen molar-refractivity contribution in [2.75, 3.05) is 13.8 Å². The van der Waals surface area contributed by atoms with Crippen molar-refractivity contribution < 1.29 is 28.7 Å². The summed E-state index contributed by atoms with van der Waals surface area (Å²) in [4.78, 5) is 51.7. The zero-order chi connectivity index (χ0) is 24.3. The average Bonchev–Trinajstić information content (AvgIpc) is 3.30. The third kappa shape index (κ3) is 3.30. The lowest BCUT2D eigenvalue weighted by atomic mass is 9.83. The lowest BCUT2D eigenvalue weighted by Gasteiger charge is -2.51. The highest BCUT2D eigenvalue weighted by Gasteiger charge is 2.70. The number of carbonyl (C=O) groups excluding carboxylic acids is 4. The fourth-order valence-electron chi connectivity index (χ4n) is 4.82. The van der Waals surface area contributed by atoms with Gasteiger partial charge in [0, 0.05) is 39.4 Å². The number of carbonyl (C=O) groups is 4. The molecule has 0 radical (unpaired) electrons. The van der Waals surface area contributed by atoms with E-state index in [1.54, 1.807) is 19.1 Å². The molecule has 0 aromatic carbocycles. The molecule has 174 valence electrons. The molecule has 9 nitrogen and oxygen atoms in total. The Morgan fingerprint density at radius 1 is 1.09 bits per heavy atom.